The molecule has 0 aliphatic carbocycles. The lowest BCUT2D eigenvalue weighted by molar-refractivity contribution is -0.141. The number of aryl methyl sites for hydroxylation is 1. The van der Waals surface area contributed by atoms with Crippen molar-refractivity contribution in [2.45, 2.75) is 33.2 Å². The van der Waals surface area contributed by atoms with E-state index in [-0.39, 0.29) is 0 Å². The van der Waals surface area contributed by atoms with Gasteiger partial charge in [0.25, 0.3) is 0 Å². The molecule has 0 spiro atoms. The zero-order chi connectivity index (χ0) is 15.3. The fraction of sp³-hybridized carbons (Fsp3) is 0.615. The van der Waals surface area contributed by atoms with Crippen LogP contribution in [-0.2, 0) is 18.3 Å². The molecule has 2 amide bonds. The highest BCUT2D eigenvalue weighted by Gasteiger charge is 2.32. The van der Waals surface area contributed by atoms with E-state index in [0.29, 0.717) is 13.0 Å². The van der Waals surface area contributed by atoms with E-state index >= 15 is 0 Å². The second-order valence-corrected chi connectivity index (χ2v) is 5.81. The summed E-state index contributed by atoms with van der Waals surface area (Å²) in [6, 6.07) is -1.41. The van der Waals surface area contributed by atoms with Gasteiger partial charge in [-0.1, -0.05) is 20.8 Å². The summed E-state index contributed by atoms with van der Waals surface area (Å²) < 4.78 is 1.69. The van der Waals surface area contributed by atoms with Crippen molar-refractivity contribution in [1.82, 2.24) is 20.4 Å². The standard InChI is InChI=1S/C13H22N4O3/c1-13(2,3)10(11(18)19)16-12(20)14-6-5-9-7-15-17(4)8-9/h7-8,10H,5-6H2,1-4H3,(H,18,19)(H2,14,16,20). The maximum Gasteiger partial charge on any atom is 0.326 e. The Balaban J connectivity index is 2.41. The van der Waals surface area contributed by atoms with Gasteiger partial charge in [0.1, 0.15) is 6.04 Å². The van der Waals surface area contributed by atoms with Gasteiger partial charge in [-0.2, -0.15) is 5.10 Å². The zero-order valence-corrected chi connectivity index (χ0v) is 12.3. The molecule has 7 heteroatoms. The van der Waals surface area contributed by atoms with Crippen molar-refractivity contribution in [3.63, 3.8) is 0 Å². The zero-order valence-electron chi connectivity index (χ0n) is 12.3. The normalized spacial score (nSPS) is 12.8. The maximum atomic E-state index is 11.7. The number of nitrogens with zero attached hydrogens (tertiary/aromatic N) is 2. The van der Waals surface area contributed by atoms with Crippen LogP contribution in [0.5, 0.6) is 0 Å². The molecule has 3 N–H and O–H groups in total. The molecule has 0 aliphatic rings. The fourth-order valence-electron chi connectivity index (χ4n) is 1.75. The minimum atomic E-state index is -1.04. The molecular weight excluding hydrogens is 260 g/mol. The molecule has 7 nitrogen and oxygen atoms in total. The molecule has 20 heavy (non-hydrogen) atoms. The molecule has 0 aromatic carbocycles. The van der Waals surface area contributed by atoms with Crippen molar-refractivity contribution >= 4 is 12.0 Å². The number of aliphatic carboxylic acids is 1. The van der Waals surface area contributed by atoms with Gasteiger partial charge < -0.3 is 15.7 Å². The summed E-state index contributed by atoms with van der Waals surface area (Å²) in [5, 5.41) is 18.3. The van der Waals surface area contributed by atoms with Gasteiger partial charge in [0.15, 0.2) is 0 Å². The van der Waals surface area contributed by atoms with Crippen molar-refractivity contribution in [1.29, 1.82) is 0 Å². The number of aromatic nitrogens is 2. The van der Waals surface area contributed by atoms with Crippen molar-refractivity contribution in [3.05, 3.63) is 18.0 Å². The summed E-state index contributed by atoms with van der Waals surface area (Å²) in [6.07, 6.45) is 4.25. The predicted molar refractivity (Wildman–Crippen MR) is 74.3 cm³/mol. The van der Waals surface area contributed by atoms with Crippen LogP contribution in [0.1, 0.15) is 26.3 Å². The van der Waals surface area contributed by atoms with E-state index in [1.165, 1.54) is 0 Å². The third-order valence-corrected chi connectivity index (χ3v) is 2.85. The number of carbonyl (C=O) groups excluding carboxylic acids is 1. The third kappa shape index (κ3) is 4.91. The molecule has 1 heterocycles. The first-order chi connectivity index (χ1) is 9.20. The van der Waals surface area contributed by atoms with Crippen LogP contribution >= 0.6 is 0 Å². The highest BCUT2D eigenvalue weighted by Crippen LogP contribution is 2.19. The highest BCUT2D eigenvalue weighted by atomic mass is 16.4. The predicted octanol–water partition coefficient (Wildman–Crippen LogP) is 0.761. The Kier molecular flexibility index (Phi) is 5.12. The number of carboxylic acids is 1. The average molecular weight is 282 g/mol. The van der Waals surface area contributed by atoms with Crippen LogP contribution in [0.15, 0.2) is 12.4 Å². The second kappa shape index (κ2) is 6.40. The molecule has 0 bridgehead atoms. The smallest absolute Gasteiger partial charge is 0.326 e. The van der Waals surface area contributed by atoms with Crippen molar-refractivity contribution in [2.75, 3.05) is 6.54 Å². The average Bonchev–Trinajstić information content (AvgIpc) is 2.70. The van der Waals surface area contributed by atoms with Gasteiger partial charge in [-0.15, -0.1) is 0 Å². The Labute approximate surface area is 118 Å². The molecule has 1 rings (SSSR count). The molecule has 0 radical (unpaired) electrons. The van der Waals surface area contributed by atoms with Crippen LogP contribution in [0.3, 0.4) is 0 Å². The summed E-state index contributed by atoms with van der Waals surface area (Å²) in [4.78, 5) is 22.8. The van der Waals surface area contributed by atoms with Gasteiger partial charge in [-0.3, -0.25) is 4.68 Å². The number of hydrogen-bond acceptors (Lipinski definition) is 3. The summed E-state index contributed by atoms with van der Waals surface area (Å²) in [6.45, 7) is 5.72. The number of nitrogens with one attached hydrogen (secondary N) is 2. The Morgan fingerprint density at radius 3 is 2.55 bits per heavy atom. The molecular formula is C13H22N4O3. The van der Waals surface area contributed by atoms with Crippen LogP contribution in [0.25, 0.3) is 0 Å². The molecule has 0 aliphatic heterocycles. The fourth-order valence-corrected chi connectivity index (χ4v) is 1.75. The van der Waals surface area contributed by atoms with Crippen molar-refractivity contribution < 1.29 is 14.7 Å². The van der Waals surface area contributed by atoms with Crippen LogP contribution in [0.4, 0.5) is 4.79 Å². The van der Waals surface area contributed by atoms with E-state index in [4.69, 9.17) is 5.11 Å². The summed E-state index contributed by atoms with van der Waals surface area (Å²) in [7, 11) is 1.82. The number of rotatable bonds is 5. The van der Waals surface area contributed by atoms with Gasteiger partial charge in [-0.25, -0.2) is 9.59 Å². The summed E-state index contributed by atoms with van der Waals surface area (Å²) in [5.41, 5.74) is 0.463. The van der Waals surface area contributed by atoms with Crippen LogP contribution < -0.4 is 10.6 Å². The lowest BCUT2D eigenvalue weighted by atomic mass is 9.87. The molecule has 0 saturated carbocycles. The van der Waals surface area contributed by atoms with E-state index in [1.807, 2.05) is 13.2 Å². The Hall–Kier alpha value is -2.05. The number of urea groups is 1. The molecule has 0 fully saturated rings. The lowest BCUT2D eigenvalue weighted by Crippen LogP contribution is -2.52. The van der Waals surface area contributed by atoms with Gasteiger partial charge in [0.2, 0.25) is 0 Å². The minimum absolute atomic E-state index is 0.425. The van der Waals surface area contributed by atoms with Crippen LogP contribution in [0.2, 0.25) is 0 Å². The van der Waals surface area contributed by atoms with Crippen LogP contribution in [-0.4, -0.2) is 39.5 Å². The number of carbonyl (C=O) groups is 2. The van der Waals surface area contributed by atoms with E-state index < -0.39 is 23.5 Å². The largest absolute Gasteiger partial charge is 0.480 e. The van der Waals surface area contributed by atoms with Crippen molar-refractivity contribution in [3.8, 4) is 0 Å². The minimum Gasteiger partial charge on any atom is -0.480 e. The van der Waals surface area contributed by atoms with Crippen LogP contribution in [0, 0.1) is 5.41 Å². The SMILES string of the molecule is Cn1cc(CCNC(=O)NC(C(=O)O)C(C)(C)C)cn1. The van der Waals surface area contributed by atoms with E-state index in [9.17, 15) is 9.59 Å². The van der Waals surface area contributed by atoms with E-state index in [1.54, 1.807) is 31.6 Å². The molecule has 1 aromatic heterocycles. The number of carboxylic acid groups (broad SMARTS) is 1. The van der Waals surface area contributed by atoms with Gasteiger partial charge in [0, 0.05) is 19.8 Å². The first kappa shape index (κ1) is 16.0. The van der Waals surface area contributed by atoms with E-state index in [0.717, 1.165) is 5.56 Å². The first-order valence-corrected chi connectivity index (χ1v) is 6.45. The second-order valence-electron chi connectivity index (χ2n) is 5.81. The Morgan fingerprint density at radius 1 is 1.45 bits per heavy atom. The highest BCUT2D eigenvalue weighted by molar-refractivity contribution is 5.83. The monoisotopic (exact) mass is 282 g/mol. The van der Waals surface area contributed by atoms with Gasteiger partial charge in [0.05, 0.1) is 6.20 Å². The van der Waals surface area contributed by atoms with E-state index in [2.05, 4.69) is 15.7 Å². The van der Waals surface area contributed by atoms with Gasteiger partial charge >= 0.3 is 12.0 Å². The summed E-state index contributed by atoms with van der Waals surface area (Å²) in [5.74, 6) is -1.04. The quantitative estimate of drug-likeness (QED) is 0.743. The maximum absolute atomic E-state index is 11.7. The lowest BCUT2D eigenvalue weighted by Gasteiger charge is -2.27. The molecule has 1 atom stereocenters. The molecule has 1 aromatic rings. The third-order valence-electron chi connectivity index (χ3n) is 2.85. The number of hydrogen-bond donors (Lipinski definition) is 3. The van der Waals surface area contributed by atoms with Crippen molar-refractivity contribution in [2.24, 2.45) is 12.5 Å². The van der Waals surface area contributed by atoms with Gasteiger partial charge in [-0.05, 0) is 17.4 Å². The summed E-state index contributed by atoms with van der Waals surface area (Å²) >= 11 is 0. The topological polar surface area (TPSA) is 96.2 Å². The number of amides is 2. The molecule has 0 saturated heterocycles. The Morgan fingerprint density at radius 2 is 2.10 bits per heavy atom. The first-order valence-electron chi connectivity index (χ1n) is 6.45. The molecule has 1 unspecified atom stereocenters. The molecule has 112 valence electrons. The Bertz CT molecular complexity index is 476.